The van der Waals surface area contributed by atoms with Crippen LogP contribution in [0, 0.1) is 13.8 Å². The van der Waals surface area contributed by atoms with Crippen LogP contribution in [-0.2, 0) is 20.7 Å². The van der Waals surface area contributed by atoms with E-state index < -0.39 is 23.8 Å². The van der Waals surface area contributed by atoms with E-state index in [2.05, 4.69) is 15.2 Å². The van der Waals surface area contributed by atoms with Crippen molar-refractivity contribution in [3.8, 4) is 0 Å². The summed E-state index contributed by atoms with van der Waals surface area (Å²) in [6.45, 7) is 4.72. The summed E-state index contributed by atoms with van der Waals surface area (Å²) in [5.74, 6) is -1.70. The van der Waals surface area contributed by atoms with Gasteiger partial charge in [-0.15, -0.1) is 0 Å². The van der Waals surface area contributed by atoms with Crippen molar-refractivity contribution in [2.75, 3.05) is 7.11 Å². The molecule has 0 radical (unpaired) electrons. The predicted molar refractivity (Wildman–Crippen MR) is 108 cm³/mol. The summed E-state index contributed by atoms with van der Waals surface area (Å²) in [5.41, 5.74) is 1.37. The number of aromatic amines is 2. The molecule has 156 valence electrons. The van der Waals surface area contributed by atoms with Gasteiger partial charge in [-0.05, 0) is 32.4 Å². The van der Waals surface area contributed by atoms with E-state index in [1.807, 2.05) is 0 Å². The van der Waals surface area contributed by atoms with Gasteiger partial charge in [-0.2, -0.15) is 5.10 Å². The third kappa shape index (κ3) is 3.86. The van der Waals surface area contributed by atoms with Gasteiger partial charge in [0.1, 0.15) is 0 Å². The number of H-pyrrole nitrogens is 2. The Labute approximate surface area is 171 Å². The van der Waals surface area contributed by atoms with E-state index in [1.165, 1.54) is 14.0 Å². The molecule has 3 aromatic rings. The number of fused-ring (bicyclic) bond motifs is 1. The first-order valence-corrected chi connectivity index (χ1v) is 9.22. The first kappa shape index (κ1) is 21.0. The molecular formula is C21H21N3O6. The van der Waals surface area contributed by atoms with Crippen molar-refractivity contribution in [3.63, 3.8) is 0 Å². The van der Waals surface area contributed by atoms with Crippen LogP contribution in [0.3, 0.4) is 0 Å². The van der Waals surface area contributed by atoms with E-state index >= 15 is 0 Å². The Kier molecular flexibility index (Phi) is 5.81. The Morgan fingerprint density at radius 2 is 1.80 bits per heavy atom. The fourth-order valence-electron chi connectivity index (χ4n) is 3.34. The molecule has 1 aromatic carbocycles. The van der Waals surface area contributed by atoms with Crippen LogP contribution < -0.4 is 5.56 Å². The second-order valence-electron chi connectivity index (χ2n) is 6.83. The first-order chi connectivity index (χ1) is 14.2. The van der Waals surface area contributed by atoms with E-state index in [0.717, 1.165) is 0 Å². The second-order valence-corrected chi connectivity index (χ2v) is 6.83. The number of ketones is 1. The number of esters is 2. The molecule has 0 saturated heterocycles. The largest absolute Gasteiger partial charge is 0.465 e. The molecule has 0 aliphatic rings. The average molecular weight is 411 g/mol. The Balaban J connectivity index is 1.77. The van der Waals surface area contributed by atoms with Crippen molar-refractivity contribution in [1.29, 1.82) is 0 Å². The molecule has 0 unspecified atom stereocenters. The van der Waals surface area contributed by atoms with Crippen molar-refractivity contribution < 1.29 is 23.9 Å². The summed E-state index contributed by atoms with van der Waals surface area (Å²) in [4.78, 5) is 51.8. The van der Waals surface area contributed by atoms with Gasteiger partial charge in [0, 0.05) is 11.1 Å². The Hall–Kier alpha value is -3.75. The highest BCUT2D eigenvalue weighted by molar-refractivity contribution is 6.04. The summed E-state index contributed by atoms with van der Waals surface area (Å²) < 4.78 is 10.0. The summed E-state index contributed by atoms with van der Waals surface area (Å²) in [5, 5.41) is 7.23. The average Bonchev–Trinajstić information content (AvgIpc) is 3.03. The lowest BCUT2D eigenvalue weighted by atomic mass is 10.1. The van der Waals surface area contributed by atoms with Crippen molar-refractivity contribution in [2.24, 2.45) is 0 Å². The lowest BCUT2D eigenvalue weighted by Gasteiger charge is -2.12. The molecule has 30 heavy (non-hydrogen) atoms. The summed E-state index contributed by atoms with van der Waals surface area (Å²) in [6, 6.07) is 6.77. The molecule has 0 aliphatic heterocycles. The lowest BCUT2D eigenvalue weighted by Crippen LogP contribution is -2.26. The van der Waals surface area contributed by atoms with Crippen LogP contribution in [0.25, 0.3) is 10.8 Å². The van der Waals surface area contributed by atoms with Crippen molar-refractivity contribution in [1.82, 2.24) is 15.2 Å². The van der Waals surface area contributed by atoms with Crippen LogP contribution in [0.1, 0.15) is 44.7 Å². The van der Waals surface area contributed by atoms with Crippen molar-refractivity contribution in [3.05, 3.63) is 62.8 Å². The van der Waals surface area contributed by atoms with Crippen molar-refractivity contribution >= 4 is 28.5 Å². The fourth-order valence-corrected chi connectivity index (χ4v) is 3.34. The first-order valence-electron chi connectivity index (χ1n) is 9.22. The highest BCUT2D eigenvalue weighted by Gasteiger charge is 2.27. The number of aromatic nitrogens is 3. The van der Waals surface area contributed by atoms with Crippen LogP contribution in [0.5, 0.6) is 0 Å². The smallest absolute Gasteiger partial charge is 0.339 e. The zero-order chi connectivity index (χ0) is 22.0. The highest BCUT2D eigenvalue weighted by Crippen LogP contribution is 2.21. The number of rotatable bonds is 6. The minimum absolute atomic E-state index is 0.181. The number of methoxy groups -OCH3 is 1. The number of aryl methyl sites for hydroxylation is 1. The zero-order valence-electron chi connectivity index (χ0n) is 17.0. The summed E-state index contributed by atoms with van der Waals surface area (Å²) in [6.07, 6.45) is -1.31. The molecule has 1 atom stereocenters. The van der Waals surface area contributed by atoms with E-state index in [-0.39, 0.29) is 23.2 Å². The van der Waals surface area contributed by atoms with E-state index in [1.54, 1.807) is 38.1 Å². The van der Waals surface area contributed by atoms with E-state index in [0.29, 0.717) is 27.7 Å². The summed E-state index contributed by atoms with van der Waals surface area (Å²) >= 11 is 0. The number of carbonyl (C=O) groups is 3. The van der Waals surface area contributed by atoms with Crippen LogP contribution in [0.2, 0.25) is 0 Å². The lowest BCUT2D eigenvalue weighted by molar-refractivity contribution is -0.145. The molecule has 9 heteroatoms. The highest BCUT2D eigenvalue weighted by atomic mass is 16.5. The van der Waals surface area contributed by atoms with Gasteiger partial charge in [-0.1, -0.05) is 18.2 Å². The van der Waals surface area contributed by atoms with Crippen LogP contribution in [-0.4, -0.2) is 46.1 Å². The number of ether oxygens (including phenoxy) is 2. The molecular weight excluding hydrogens is 390 g/mol. The molecule has 3 rings (SSSR count). The number of benzene rings is 1. The molecule has 2 aromatic heterocycles. The molecule has 0 saturated carbocycles. The molecule has 2 N–H and O–H groups in total. The van der Waals surface area contributed by atoms with Gasteiger partial charge in [0.15, 0.2) is 6.10 Å². The number of hydrogen-bond donors (Lipinski definition) is 2. The zero-order valence-corrected chi connectivity index (χ0v) is 17.0. The van der Waals surface area contributed by atoms with Gasteiger partial charge in [-0.25, -0.2) is 9.89 Å². The molecule has 0 aliphatic carbocycles. The van der Waals surface area contributed by atoms with Gasteiger partial charge in [-0.3, -0.25) is 14.4 Å². The monoisotopic (exact) mass is 411 g/mol. The Morgan fingerprint density at radius 1 is 1.13 bits per heavy atom. The fraction of sp³-hybridized carbons (Fsp3) is 0.286. The number of nitrogens with one attached hydrogen (secondary N) is 2. The number of hydrogen-bond acceptors (Lipinski definition) is 7. The Bertz CT molecular complexity index is 1210. The van der Waals surface area contributed by atoms with Gasteiger partial charge >= 0.3 is 11.9 Å². The number of carbonyl (C=O) groups excluding carboxylic acids is 3. The summed E-state index contributed by atoms with van der Waals surface area (Å²) in [7, 11) is 1.26. The maximum atomic E-state index is 12.8. The minimum Gasteiger partial charge on any atom is -0.465 e. The van der Waals surface area contributed by atoms with Crippen molar-refractivity contribution in [2.45, 2.75) is 33.3 Å². The maximum Gasteiger partial charge on any atom is 0.339 e. The third-order valence-corrected chi connectivity index (χ3v) is 4.84. The molecule has 0 bridgehead atoms. The topological polar surface area (TPSA) is 131 Å². The number of nitrogens with zero attached hydrogens (tertiary/aromatic N) is 1. The van der Waals surface area contributed by atoms with Crippen LogP contribution >= 0.6 is 0 Å². The van der Waals surface area contributed by atoms with E-state index in [4.69, 9.17) is 9.47 Å². The molecule has 0 amide bonds. The van der Waals surface area contributed by atoms with E-state index in [9.17, 15) is 19.2 Å². The van der Waals surface area contributed by atoms with Gasteiger partial charge in [0.05, 0.1) is 35.9 Å². The molecule has 9 nitrogen and oxygen atoms in total. The van der Waals surface area contributed by atoms with Crippen LogP contribution in [0.4, 0.5) is 0 Å². The van der Waals surface area contributed by atoms with Gasteiger partial charge in [0.25, 0.3) is 5.56 Å². The SMILES string of the molecule is COC(=O)c1c(C)[nH]c(C(=O)[C@@H](C)OC(=O)Cc2n[nH]c(=O)c3ccccc23)c1C. The second kappa shape index (κ2) is 8.32. The normalized spacial score (nSPS) is 11.9. The van der Waals surface area contributed by atoms with Gasteiger partial charge < -0.3 is 14.5 Å². The van der Waals surface area contributed by atoms with Crippen LogP contribution in [0.15, 0.2) is 29.1 Å². The Morgan fingerprint density at radius 3 is 2.47 bits per heavy atom. The predicted octanol–water partition coefficient (Wildman–Crippen LogP) is 2.01. The quantitative estimate of drug-likeness (QED) is 0.468. The molecule has 0 fully saturated rings. The molecule has 2 heterocycles. The standard InChI is InChI=1S/C21H21N3O6/c1-10-17(21(28)29-4)11(2)22-18(10)19(26)12(3)30-16(25)9-15-13-7-5-6-8-14(13)20(27)24-23-15/h5-8,12,22H,9H2,1-4H3,(H,24,27)/t12-/m1/s1. The maximum absolute atomic E-state index is 12.8. The minimum atomic E-state index is -1.09. The van der Waals surface area contributed by atoms with Gasteiger partial charge in [0.2, 0.25) is 5.78 Å². The third-order valence-electron chi connectivity index (χ3n) is 4.84. The number of Topliss-reactive ketones (excluding diaryl/α,β-unsaturated/α-hetero) is 1. The molecule has 0 spiro atoms.